The van der Waals surface area contributed by atoms with Crippen molar-refractivity contribution < 1.29 is 4.79 Å². The molecule has 2 aromatic heterocycles. The lowest BCUT2D eigenvalue weighted by atomic mass is 10.3. The van der Waals surface area contributed by atoms with Gasteiger partial charge in [-0.05, 0) is 38.1 Å². The molecule has 0 fully saturated rings. The molecule has 21 heavy (non-hydrogen) atoms. The van der Waals surface area contributed by atoms with Gasteiger partial charge in [-0.25, -0.2) is 4.98 Å². The third-order valence-corrected chi connectivity index (χ3v) is 3.27. The summed E-state index contributed by atoms with van der Waals surface area (Å²) in [6, 6.07) is 9.29. The van der Waals surface area contributed by atoms with Gasteiger partial charge in [-0.2, -0.15) is 0 Å². The highest BCUT2D eigenvalue weighted by Crippen LogP contribution is 2.12. The number of hydrogen-bond acceptors (Lipinski definition) is 4. The quantitative estimate of drug-likeness (QED) is 0.884. The zero-order chi connectivity index (χ0) is 15.1. The maximum Gasteiger partial charge on any atom is 0.270 e. The second kappa shape index (κ2) is 7.38. The molecule has 2 heterocycles. The fourth-order valence-electron chi connectivity index (χ4n) is 2.06. The Morgan fingerprint density at radius 1 is 1.14 bits per heavy atom. The van der Waals surface area contributed by atoms with Crippen LogP contribution >= 0.6 is 0 Å². The van der Waals surface area contributed by atoms with E-state index in [2.05, 4.69) is 34.0 Å². The maximum atomic E-state index is 12.0. The van der Waals surface area contributed by atoms with Gasteiger partial charge in [-0.15, -0.1) is 0 Å². The average molecular weight is 284 g/mol. The summed E-state index contributed by atoms with van der Waals surface area (Å²) >= 11 is 0. The molecule has 0 aliphatic heterocycles. The molecule has 0 radical (unpaired) electrons. The van der Waals surface area contributed by atoms with Crippen molar-refractivity contribution in [2.75, 3.05) is 18.0 Å². The highest BCUT2D eigenvalue weighted by molar-refractivity contribution is 5.92. The van der Waals surface area contributed by atoms with Crippen LogP contribution in [0.4, 0.5) is 5.69 Å². The maximum absolute atomic E-state index is 12.0. The molecule has 1 amide bonds. The Morgan fingerprint density at radius 3 is 2.52 bits per heavy atom. The summed E-state index contributed by atoms with van der Waals surface area (Å²) < 4.78 is 0. The highest BCUT2D eigenvalue weighted by Gasteiger charge is 2.08. The van der Waals surface area contributed by atoms with E-state index in [1.807, 2.05) is 24.3 Å². The van der Waals surface area contributed by atoms with Crippen molar-refractivity contribution in [3.63, 3.8) is 0 Å². The van der Waals surface area contributed by atoms with Gasteiger partial charge < -0.3 is 10.2 Å². The fraction of sp³-hybridized carbons (Fsp3) is 0.312. The minimum atomic E-state index is -0.188. The van der Waals surface area contributed by atoms with Gasteiger partial charge in [0.15, 0.2) is 0 Å². The number of carbonyl (C=O) groups is 1. The van der Waals surface area contributed by atoms with Gasteiger partial charge in [0.25, 0.3) is 5.91 Å². The number of amides is 1. The average Bonchev–Trinajstić information content (AvgIpc) is 2.55. The smallest absolute Gasteiger partial charge is 0.270 e. The van der Waals surface area contributed by atoms with E-state index in [-0.39, 0.29) is 5.91 Å². The van der Waals surface area contributed by atoms with Crippen LogP contribution in [0.3, 0.4) is 0 Å². The Labute approximate surface area is 125 Å². The molecule has 0 saturated carbocycles. The van der Waals surface area contributed by atoms with E-state index in [9.17, 15) is 4.79 Å². The number of aromatic nitrogens is 2. The summed E-state index contributed by atoms with van der Waals surface area (Å²) in [5.41, 5.74) is 2.27. The number of nitrogens with zero attached hydrogens (tertiary/aromatic N) is 3. The topological polar surface area (TPSA) is 58.1 Å². The zero-order valence-electron chi connectivity index (χ0n) is 12.4. The van der Waals surface area contributed by atoms with Crippen molar-refractivity contribution in [2.45, 2.75) is 20.4 Å². The summed E-state index contributed by atoms with van der Waals surface area (Å²) in [6.45, 7) is 6.43. The second-order valence-corrected chi connectivity index (χ2v) is 4.58. The molecule has 5 nitrogen and oxygen atoms in total. The molecule has 2 rings (SSSR count). The van der Waals surface area contributed by atoms with E-state index in [1.165, 1.54) is 0 Å². The van der Waals surface area contributed by atoms with E-state index >= 15 is 0 Å². The van der Waals surface area contributed by atoms with E-state index in [4.69, 9.17) is 0 Å². The molecule has 0 bridgehead atoms. The lowest BCUT2D eigenvalue weighted by Gasteiger charge is -2.20. The molecule has 0 unspecified atom stereocenters. The molecule has 0 atom stereocenters. The van der Waals surface area contributed by atoms with Crippen molar-refractivity contribution in [3.05, 3.63) is 54.1 Å². The molecule has 0 spiro atoms. The summed E-state index contributed by atoms with van der Waals surface area (Å²) in [6.07, 6.45) is 3.45. The summed E-state index contributed by atoms with van der Waals surface area (Å²) in [4.78, 5) is 22.6. The Kier molecular flexibility index (Phi) is 5.26. The lowest BCUT2D eigenvalue weighted by molar-refractivity contribution is 0.0945. The number of anilines is 1. The van der Waals surface area contributed by atoms with Crippen LogP contribution in [0.15, 0.2) is 42.7 Å². The van der Waals surface area contributed by atoms with Crippen molar-refractivity contribution in [3.8, 4) is 0 Å². The minimum absolute atomic E-state index is 0.188. The fourth-order valence-corrected chi connectivity index (χ4v) is 2.06. The SMILES string of the molecule is CCN(CC)c1ccc(C(=O)NCc2ccccn2)nc1. The third kappa shape index (κ3) is 4.02. The van der Waals surface area contributed by atoms with Gasteiger partial charge in [-0.3, -0.25) is 9.78 Å². The van der Waals surface area contributed by atoms with Gasteiger partial charge in [0.05, 0.1) is 24.1 Å². The Morgan fingerprint density at radius 2 is 1.95 bits per heavy atom. The van der Waals surface area contributed by atoms with Crippen LogP contribution in [0, 0.1) is 0 Å². The molecule has 2 aromatic rings. The van der Waals surface area contributed by atoms with Crippen molar-refractivity contribution >= 4 is 11.6 Å². The predicted octanol–water partition coefficient (Wildman–Crippen LogP) is 2.25. The highest BCUT2D eigenvalue weighted by atomic mass is 16.1. The van der Waals surface area contributed by atoms with Gasteiger partial charge in [0.2, 0.25) is 0 Å². The molecule has 0 aliphatic carbocycles. The summed E-state index contributed by atoms with van der Waals surface area (Å²) in [5, 5.41) is 2.81. The van der Waals surface area contributed by atoms with Crippen molar-refractivity contribution in [1.82, 2.24) is 15.3 Å². The van der Waals surface area contributed by atoms with Gasteiger partial charge in [0.1, 0.15) is 5.69 Å². The van der Waals surface area contributed by atoms with Crippen molar-refractivity contribution in [2.24, 2.45) is 0 Å². The van der Waals surface area contributed by atoms with Crippen LogP contribution in [0.2, 0.25) is 0 Å². The molecule has 0 aliphatic rings. The second-order valence-electron chi connectivity index (χ2n) is 4.58. The van der Waals surface area contributed by atoms with Crippen LogP contribution < -0.4 is 10.2 Å². The molecule has 1 N–H and O–H groups in total. The monoisotopic (exact) mass is 284 g/mol. The lowest BCUT2D eigenvalue weighted by Crippen LogP contribution is -2.25. The van der Waals surface area contributed by atoms with Gasteiger partial charge >= 0.3 is 0 Å². The number of pyridine rings is 2. The number of nitrogens with one attached hydrogen (secondary N) is 1. The first-order valence-corrected chi connectivity index (χ1v) is 7.13. The number of hydrogen-bond donors (Lipinski definition) is 1. The summed E-state index contributed by atoms with van der Waals surface area (Å²) in [7, 11) is 0. The van der Waals surface area contributed by atoms with Crippen LogP contribution in [0.5, 0.6) is 0 Å². The largest absolute Gasteiger partial charge is 0.371 e. The Balaban J connectivity index is 1.97. The first kappa shape index (κ1) is 15.0. The molecular formula is C16H20N4O. The van der Waals surface area contributed by atoms with E-state index in [0.29, 0.717) is 12.2 Å². The van der Waals surface area contributed by atoms with E-state index in [0.717, 1.165) is 24.5 Å². The number of carbonyl (C=O) groups excluding carboxylic acids is 1. The van der Waals surface area contributed by atoms with E-state index in [1.54, 1.807) is 18.5 Å². The molecule has 5 heteroatoms. The van der Waals surface area contributed by atoms with Gasteiger partial charge in [0, 0.05) is 19.3 Å². The third-order valence-electron chi connectivity index (χ3n) is 3.27. The molecular weight excluding hydrogens is 264 g/mol. The van der Waals surface area contributed by atoms with Crippen molar-refractivity contribution in [1.29, 1.82) is 0 Å². The number of rotatable bonds is 6. The van der Waals surface area contributed by atoms with Crippen LogP contribution in [0.1, 0.15) is 30.0 Å². The molecule has 110 valence electrons. The van der Waals surface area contributed by atoms with Crippen LogP contribution in [0.25, 0.3) is 0 Å². The van der Waals surface area contributed by atoms with Crippen LogP contribution in [-0.2, 0) is 6.54 Å². The molecule has 0 aromatic carbocycles. The first-order valence-electron chi connectivity index (χ1n) is 7.13. The minimum Gasteiger partial charge on any atom is -0.371 e. The Bertz CT molecular complexity index is 565. The van der Waals surface area contributed by atoms with E-state index < -0.39 is 0 Å². The summed E-state index contributed by atoms with van der Waals surface area (Å²) in [5.74, 6) is -0.188. The van der Waals surface area contributed by atoms with Gasteiger partial charge in [-0.1, -0.05) is 6.07 Å². The standard InChI is InChI=1S/C16H20N4O/c1-3-20(4-2)14-8-9-15(18-12-14)16(21)19-11-13-7-5-6-10-17-13/h5-10,12H,3-4,11H2,1-2H3,(H,19,21). The normalized spacial score (nSPS) is 10.2. The first-order chi connectivity index (χ1) is 10.2. The Hall–Kier alpha value is -2.43. The predicted molar refractivity (Wildman–Crippen MR) is 83.2 cm³/mol. The molecule has 0 saturated heterocycles. The zero-order valence-corrected chi connectivity index (χ0v) is 12.4. The van der Waals surface area contributed by atoms with Crippen LogP contribution in [-0.4, -0.2) is 29.0 Å².